The summed E-state index contributed by atoms with van der Waals surface area (Å²) in [6.45, 7) is 3.55. The molecule has 0 bridgehead atoms. The van der Waals surface area contributed by atoms with Gasteiger partial charge in [0, 0.05) is 17.5 Å². The normalized spacial score (nSPS) is 10.8. The minimum Gasteiger partial charge on any atom is -0.326 e. The van der Waals surface area contributed by atoms with Crippen molar-refractivity contribution < 1.29 is 9.59 Å². The highest BCUT2D eigenvalue weighted by Gasteiger charge is 2.05. The van der Waals surface area contributed by atoms with Crippen LogP contribution in [0.5, 0.6) is 0 Å². The Kier molecular flexibility index (Phi) is 5.06. The van der Waals surface area contributed by atoms with Gasteiger partial charge in [0.25, 0.3) is 0 Å². The zero-order valence-electron chi connectivity index (χ0n) is 12.1. The summed E-state index contributed by atoms with van der Waals surface area (Å²) in [4.78, 5) is 24.9. The average molecular weight is 299 g/mol. The molecule has 1 amide bonds. The summed E-state index contributed by atoms with van der Waals surface area (Å²) in [6, 6.07) is 11.2. The number of carbonyl (C=O) groups excluding carboxylic acids is 2. The maximum absolute atomic E-state index is 12.0. The lowest BCUT2D eigenvalue weighted by molar-refractivity contribution is -0.114. The Bertz CT molecular complexity index is 668. The van der Waals surface area contributed by atoms with Gasteiger partial charge in [-0.15, -0.1) is 11.3 Å². The second-order valence-electron chi connectivity index (χ2n) is 4.62. The van der Waals surface area contributed by atoms with Crippen molar-refractivity contribution in [3.63, 3.8) is 0 Å². The van der Waals surface area contributed by atoms with Crippen LogP contribution in [0.4, 0.5) is 5.69 Å². The molecule has 0 atom stereocenters. The van der Waals surface area contributed by atoms with Gasteiger partial charge in [-0.05, 0) is 42.3 Å². The molecule has 0 unspecified atom stereocenters. The Morgan fingerprint density at radius 2 is 1.86 bits per heavy atom. The first-order valence-corrected chi connectivity index (χ1v) is 7.59. The lowest BCUT2D eigenvalue weighted by Crippen LogP contribution is -2.05. The van der Waals surface area contributed by atoms with Crippen molar-refractivity contribution in [2.45, 2.75) is 20.3 Å². The summed E-state index contributed by atoms with van der Waals surface area (Å²) in [5, 5.41) is 2.70. The van der Waals surface area contributed by atoms with Gasteiger partial charge in [0.05, 0.1) is 4.88 Å². The van der Waals surface area contributed by atoms with E-state index in [1.54, 1.807) is 12.2 Å². The van der Waals surface area contributed by atoms with Crippen molar-refractivity contribution in [2.24, 2.45) is 0 Å². The van der Waals surface area contributed by atoms with Crippen LogP contribution in [0.25, 0.3) is 6.08 Å². The fraction of sp³-hybridized carbons (Fsp3) is 0.176. The zero-order valence-corrected chi connectivity index (χ0v) is 12.9. The van der Waals surface area contributed by atoms with E-state index in [0.29, 0.717) is 0 Å². The number of nitrogens with one attached hydrogen (secondary N) is 1. The van der Waals surface area contributed by atoms with Gasteiger partial charge in [-0.3, -0.25) is 9.59 Å². The Hall–Kier alpha value is -2.20. The molecule has 2 rings (SSSR count). The molecule has 3 nitrogen and oxygen atoms in total. The molecule has 0 saturated heterocycles. The van der Waals surface area contributed by atoms with Crippen LogP contribution in [0, 0.1) is 0 Å². The third-order valence-corrected chi connectivity index (χ3v) is 4.16. The van der Waals surface area contributed by atoms with Gasteiger partial charge < -0.3 is 5.32 Å². The smallest absolute Gasteiger partial charge is 0.221 e. The van der Waals surface area contributed by atoms with Gasteiger partial charge >= 0.3 is 0 Å². The van der Waals surface area contributed by atoms with Crippen LogP contribution < -0.4 is 5.32 Å². The van der Waals surface area contributed by atoms with Crippen LogP contribution in [0.2, 0.25) is 0 Å². The Morgan fingerprint density at radius 1 is 1.14 bits per heavy atom. The van der Waals surface area contributed by atoms with Crippen molar-refractivity contribution in [2.75, 3.05) is 5.32 Å². The third kappa shape index (κ3) is 4.39. The maximum Gasteiger partial charge on any atom is 0.221 e. The van der Waals surface area contributed by atoms with E-state index in [0.717, 1.165) is 22.5 Å². The Balaban J connectivity index is 2.03. The highest BCUT2D eigenvalue weighted by molar-refractivity contribution is 7.14. The molecule has 0 aliphatic carbocycles. The van der Waals surface area contributed by atoms with Gasteiger partial charge in [0.1, 0.15) is 0 Å². The summed E-state index contributed by atoms with van der Waals surface area (Å²) in [5.74, 6) is -0.0801. The molecule has 0 spiro atoms. The SMILES string of the molecule is CCc1ccc(C(=O)C=Cc2ccc(NC(C)=O)cc2)s1. The number of anilines is 1. The molecule has 1 aromatic carbocycles. The first-order chi connectivity index (χ1) is 10.1. The number of hydrogen-bond acceptors (Lipinski definition) is 3. The molecule has 0 saturated carbocycles. The second kappa shape index (κ2) is 6.99. The quantitative estimate of drug-likeness (QED) is 0.665. The molecule has 1 heterocycles. The molecule has 108 valence electrons. The molecule has 1 N–H and O–H groups in total. The van der Waals surface area contributed by atoms with E-state index in [1.165, 1.54) is 23.1 Å². The number of carbonyl (C=O) groups is 2. The van der Waals surface area contributed by atoms with Crippen LogP contribution in [-0.2, 0) is 11.2 Å². The number of amides is 1. The first-order valence-electron chi connectivity index (χ1n) is 6.77. The summed E-state index contributed by atoms with van der Waals surface area (Å²) in [7, 11) is 0. The van der Waals surface area contributed by atoms with E-state index in [-0.39, 0.29) is 11.7 Å². The van der Waals surface area contributed by atoms with Crippen LogP contribution in [-0.4, -0.2) is 11.7 Å². The molecular formula is C17H17NO2S. The maximum atomic E-state index is 12.0. The highest BCUT2D eigenvalue weighted by atomic mass is 32.1. The van der Waals surface area contributed by atoms with Crippen molar-refractivity contribution >= 4 is 34.8 Å². The van der Waals surface area contributed by atoms with Crippen molar-refractivity contribution in [1.82, 2.24) is 0 Å². The number of aryl methyl sites for hydroxylation is 1. The van der Waals surface area contributed by atoms with Gasteiger partial charge in [-0.25, -0.2) is 0 Å². The third-order valence-electron chi connectivity index (χ3n) is 2.91. The van der Waals surface area contributed by atoms with E-state index in [9.17, 15) is 9.59 Å². The summed E-state index contributed by atoms with van der Waals surface area (Å²) >= 11 is 1.54. The van der Waals surface area contributed by atoms with Crippen molar-refractivity contribution in [3.05, 3.63) is 57.8 Å². The monoisotopic (exact) mass is 299 g/mol. The molecule has 0 aliphatic heterocycles. The molecule has 1 aromatic heterocycles. The molecule has 4 heteroatoms. The van der Waals surface area contributed by atoms with Crippen LogP contribution in [0.3, 0.4) is 0 Å². The Morgan fingerprint density at radius 3 is 2.43 bits per heavy atom. The zero-order chi connectivity index (χ0) is 15.2. The molecule has 0 fully saturated rings. The second-order valence-corrected chi connectivity index (χ2v) is 5.79. The lowest BCUT2D eigenvalue weighted by atomic mass is 10.1. The summed E-state index contributed by atoms with van der Waals surface area (Å²) in [5.41, 5.74) is 1.67. The minimum absolute atomic E-state index is 0.0191. The van der Waals surface area contributed by atoms with Crippen LogP contribution >= 0.6 is 11.3 Å². The number of rotatable bonds is 5. The van der Waals surface area contributed by atoms with Crippen LogP contribution in [0.15, 0.2) is 42.5 Å². The molecular weight excluding hydrogens is 282 g/mol. The fourth-order valence-electron chi connectivity index (χ4n) is 1.84. The first kappa shape index (κ1) is 15.2. The number of allylic oxidation sites excluding steroid dienone is 1. The summed E-state index contributed by atoms with van der Waals surface area (Å²) < 4.78 is 0. The van der Waals surface area contributed by atoms with E-state index >= 15 is 0 Å². The van der Waals surface area contributed by atoms with E-state index < -0.39 is 0 Å². The number of thiophene rings is 1. The highest BCUT2D eigenvalue weighted by Crippen LogP contribution is 2.18. The van der Waals surface area contributed by atoms with E-state index in [1.807, 2.05) is 36.4 Å². The fourth-order valence-corrected chi connectivity index (χ4v) is 2.70. The number of benzene rings is 1. The lowest BCUT2D eigenvalue weighted by Gasteiger charge is -2.01. The molecule has 2 aromatic rings. The van der Waals surface area contributed by atoms with Gasteiger partial charge in [-0.1, -0.05) is 25.1 Å². The topological polar surface area (TPSA) is 46.2 Å². The van der Waals surface area contributed by atoms with Gasteiger partial charge in [0.2, 0.25) is 5.91 Å². The molecule has 0 aliphatic rings. The average Bonchev–Trinajstić information content (AvgIpc) is 2.94. The predicted molar refractivity (Wildman–Crippen MR) is 87.8 cm³/mol. The standard InChI is InChI=1S/C17H17NO2S/c1-3-15-9-11-17(21-15)16(20)10-6-13-4-7-14(8-5-13)18-12(2)19/h4-11H,3H2,1-2H3,(H,18,19). The van der Waals surface area contributed by atoms with E-state index in [2.05, 4.69) is 12.2 Å². The predicted octanol–water partition coefficient (Wildman–Crippen LogP) is 4.17. The Labute approximate surface area is 128 Å². The van der Waals surface area contributed by atoms with E-state index in [4.69, 9.17) is 0 Å². The van der Waals surface area contributed by atoms with Gasteiger partial charge in [0.15, 0.2) is 5.78 Å². The largest absolute Gasteiger partial charge is 0.326 e. The van der Waals surface area contributed by atoms with Gasteiger partial charge in [-0.2, -0.15) is 0 Å². The summed E-state index contributed by atoms with van der Waals surface area (Å²) in [6.07, 6.45) is 4.32. The number of ketones is 1. The number of hydrogen-bond donors (Lipinski definition) is 1. The van der Waals surface area contributed by atoms with Crippen LogP contribution in [0.1, 0.15) is 34.0 Å². The van der Waals surface area contributed by atoms with Crippen molar-refractivity contribution in [3.8, 4) is 0 Å². The molecule has 21 heavy (non-hydrogen) atoms. The molecule has 0 radical (unpaired) electrons. The van der Waals surface area contributed by atoms with Crippen molar-refractivity contribution in [1.29, 1.82) is 0 Å². The minimum atomic E-state index is -0.0992.